The van der Waals surface area contributed by atoms with Gasteiger partial charge in [0.05, 0.1) is 25.9 Å². The Kier molecular flexibility index (Phi) is 7.61. The number of piperidine rings is 1. The molecule has 2 aliphatic heterocycles. The molecular weight excluding hydrogens is 366 g/mol. The number of nitrogens with one attached hydrogen (secondary N) is 1. The summed E-state index contributed by atoms with van der Waals surface area (Å²) in [6, 6.07) is 5.69. The van der Waals surface area contributed by atoms with Gasteiger partial charge in [-0.05, 0) is 37.8 Å². The van der Waals surface area contributed by atoms with Gasteiger partial charge in [0.25, 0.3) is 0 Å². The number of hydrogen-bond acceptors (Lipinski definition) is 4. The second-order valence-corrected chi connectivity index (χ2v) is 7.45. The molecular formula is C20H30ClN3O3. The molecule has 2 saturated heterocycles. The van der Waals surface area contributed by atoms with Crippen LogP contribution in [0.25, 0.3) is 0 Å². The van der Waals surface area contributed by atoms with Crippen LogP contribution in [-0.2, 0) is 16.0 Å². The van der Waals surface area contributed by atoms with Crippen LogP contribution < -0.4 is 10.1 Å². The average Bonchev–Trinajstić information content (AvgIpc) is 3.22. The first-order valence-electron chi connectivity index (χ1n) is 9.71. The van der Waals surface area contributed by atoms with Crippen LogP contribution in [0, 0.1) is 0 Å². The van der Waals surface area contributed by atoms with E-state index in [1.165, 1.54) is 0 Å². The van der Waals surface area contributed by atoms with E-state index in [9.17, 15) is 0 Å². The van der Waals surface area contributed by atoms with Gasteiger partial charge in [-0.15, -0.1) is 0 Å². The molecule has 1 atom stereocenters. The first-order valence-corrected chi connectivity index (χ1v) is 10.1. The second kappa shape index (κ2) is 10.2. The minimum absolute atomic E-state index is 0.298. The molecule has 2 heterocycles. The van der Waals surface area contributed by atoms with Crippen molar-refractivity contribution < 1.29 is 14.2 Å². The molecule has 1 unspecified atom stereocenters. The standard InChI is InChI=1S/C20H30ClN3O3/c1-22-20(23-13-15-5-6-16(21)12-19(15)25-2)24-9-7-17(8-10-24)27-14-18-4-3-11-26-18/h5-6,12,17-18H,3-4,7-11,13-14H2,1-2H3,(H,22,23). The molecule has 27 heavy (non-hydrogen) atoms. The largest absolute Gasteiger partial charge is 0.496 e. The van der Waals surface area contributed by atoms with Crippen molar-refractivity contribution in [1.82, 2.24) is 10.2 Å². The molecule has 0 bridgehead atoms. The zero-order valence-electron chi connectivity index (χ0n) is 16.2. The van der Waals surface area contributed by atoms with Crippen molar-refractivity contribution in [1.29, 1.82) is 0 Å². The van der Waals surface area contributed by atoms with Gasteiger partial charge < -0.3 is 24.4 Å². The van der Waals surface area contributed by atoms with E-state index in [-0.39, 0.29) is 0 Å². The number of halogens is 1. The molecule has 0 radical (unpaired) electrons. The van der Waals surface area contributed by atoms with Crippen LogP contribution in [0.2, 0.25) is 5.02 Å². The van der Waals surface area contributed by atoms with Crippen molar-refractivity contribution in [3.63, 3.8) is 0 Å². The third kappa shape index (κ3) is 5.74. The lowest BCUT2D eigenvalue weighted by Crippen LogP contribution is -2.47. The number of nitrogens with zero attached hydrogens (tertiary/aromatic N) is 2. The first-order chi connectivity index (χ1) is 13.2. The molecule has 0 aliphatic carbocycles. The van der Waals surface area contributed by atoms with Crippen LogP contribution in [0.15, 0.2) is 23.2 Å². The highest BCUT2D eigenvalue weighted by Gasteiger charge is 2.24. The SMILES string of the molecule is CN=C(NCc1ccc(Cl)cc1OC)N1CCC(OCC2CCCO2)CC1. The van der Waals surface area contributed by atoms with Gasteiger partial charge in [0, 0.05) is 43.9 Å². The average molecular weight is 396 g/mol. The highest BCUT2D eigenvalue weighted by Crippen LogP contribution is 2.23. The van der Waals surface area contributed by atoms with Crippen molar-refractivity contribution >= 4 is 17.6 Å². The Morgan fingerprint density at radius 2 is 2.15 bits per heavy atom. The van der Waals surface area contributed by atoms with Crippen LogP contribution >= 0.6 is 11.6 Å². The highest BCUT2D eigenvalue weighted by molar-refractivity contribution is 6.30. The van der Waals surface area contributed by atoms with Gasteiger partial charge in [0.15, 0.2) is 5.96 Å². The van der Waals surface area contributed by atoms with E-state index >= 15 is 0 Å². The topological polar surface area (TPSA) is 55.3 Å². The van der Waals surface area contributed by atoms with E-state index in [2.05, 4.69) is 15.2 Å². The number of aliphatic imine (C=N–C) groups is 1. The van der Waals surface area contributed by atoms with Crippen molar-refractivity contribution in [2.75, 3.05) is 40.5 Å². The maximum Gasteiger partial charge on any atom is 0.193 e. The first kappa shape index (κ1) is 20.2. The molecule has 6 nitrogen and oxygen atoms in total. The lowest BCUT2D eigenvalue weighted by molar-refractivity contribution is -0.0367. The molecule has 2 aliphatic rings. The lowest BCUT2D eigenvalue weighted by Gasteiger charge is -2.34. The summed E-state index contributed by atoms with van der Waals surface area (Å²) in [6.45, 7) is 4.13. The van der Waals surface area contributed by atoms with Crippen LogP contribution in [0.3, 0.4) is 0 Å². The molecule has 2 fully saturated rings. The third-order valence-corrected chi connectivity index (χ3v) is 5.42. The highest BCUT2D eigenvalue weighted by atomic mass is 35.5. The Bertz CT molecular complexity index is 627. The van der Waals surface area contributed by atoms with Gasteiger partial charge in [-0.2, -0.15) is 0 Å². The Morgan fingerprint density at radius 3 is 2.81 bits per heavy atom. The van der Waals surface area contributed by atoms with Crippen molar-refractivity contribution in [2.24, 2.45) is 4.99 Å². The fraction of sp³-hybridized carbons (Fsp3) is 0.650. The third-order valence-electron chi connectivity index (χ3n) is 5.18. The van der Waals surface area contributed by atoms with Gasteiger partial charge in [0.2, 0.25) is 0 Å². The van der Waals surface area contributed by atoms with Crippen LogP contribution in [0.4, 0.5) is 0 Å². The molecule has 0 spiro atoms. The molecule has 0 aromatic heterocycles. The molecule has 0 amide bonds. The summed E-state index contributed by atoms with van der Waals surface area (Å²) in [5, 5.41) is 4.10. The minimum Gasteiger partial charge on any atom is -0.496 e. The Balaban J connectivity index is 1.45. The molecule has 1 N–H and O–H groups in total. The fourth-order valence-corrected chi connectivity index (χ4v) is 3.79. The minimum atomic E-state index is 0.298. The molecule has 0 saturated carbocycles. The fourth-order valence-electron chi connectivity index (χ4n) is 3.62. The summed E-state index contributed by atoms with van der Waals surface area (Å²) in [4.78, 5) is 6.72. The van der Waals surface area contributed by atoms with Gasteiger partial charge >= 0.3 is 0 Å². The molecule has 150 valence electrons. The van der Waals surface area contributed by atoms with E-state index in [0.29, 0.717) is 23.8 Å². The maximum atomic E-state index is 6.06. The van der Waals surface area contributed by atoms with Crippen LogP contribution in [-0.4, -0.2) is 63.5 Å². The summed E-state index contributed by atoms with van der Waals surface area (Å²) in [6.07, 6.45) is 4.93. The van der Waals surface area contributed by atoms with E-state index in [1.807, 2.05) is 25.2 Å². The molecule has 3 rings (SSSR count). The Morgan fingerprint density at radius 1 is 1.33 bits per heavy atom. The zero-order valence-corrected chi connectivity index (χ0v) is 17.0. The van der Waals surface area contributed by atoms with Crippen molar-refractivity contribution in [2.45, 2.75) is 44.4 Å². The smallest absolute Gasteiger partial charge is 0.193 e. The number of likely N-dealkylation sites (tertiary alicyclic amines) is 1. The quantitative estimate of drug-likeness (QED) is 0.592. The summed E-state index contributed by atoms with van der Waals surface area (Å²) >= 11 is 6.04. The zero-order chi connectivity index (χ0) is 19.1. The van der Waals surface area contributed by atoms with E-state index in [1.54, 1.807) is 7.11 Å². The summed E-state index contributed by atoms with van der Waals surface area (Å²) in [7, 11) is 3.48. The normalized spacial score (nSPS) is 21.5. The van der Waals surface area contributed by atoms with Crippen molar-refractivity contribution in [3.05, 3.63) is 28.8 Å². The summed E-state index contributed by atoms with van der Waals surface area (Å²) in [5.74, 6) is 1.69. The van der Waals surface area contributed by atoms with Gasteiger partial charge in [0.1, 0.15) is 5.75 Å². The molecule has 1 aromatic rings. The molecule has 1 aromatic carbocycles. The van der Waals surface area contributed by atoms with Gasteiger partial charge in [-0.1, -0.05) is 17.7 Å². The maximum absolute atomic E-state index is 6.06. The number of hydrogen-bond donors (Lipinski definition) is 1. The summed E-state index contributed by atoms with van der Waals surface area (Å²) in [5.41, 5.74) is 1.05. The van der Waals surface area contributed by atoms with Gasteiger partial charge in [-0.3, -0.25) is 4.99 Å². The Labute approximate surface area is 166 Å². The van der Waals surface area contributed by atoms with Crippen LogP contribution in [0.5, 0.6) is 5.75 Å². The predicted molar refractivity (Wildman–Crippen MR) is 108 cm³/mol. The number of rotatable bonds is 6. The number of guanidine groups is 1. The lowest BCUT2D eigenvalue weighted by atomic mass is 10.1. The number of benzene rings is 1. The van der Waals surface area contributed by atoms with E-state index in [0.717, 1.165) is 69.3 Å². The van der Waals surface area contributed by atoms with Crippen LogP contribution in [0.1, 0.15) is 31.2 Å². The number of ether oxygens (including phenoxy) is 3. The number of methoxy groups -OCH3 is 1. The van der Waals surface area contributed by atoms with E-state index in [4.69, 9.17) is 25.8 Å². The molecule has 7 heteroatoms. The second-order valence-electron chi connectivity index (χ2n) is 7.01. The van der Waals surface area contributed by atoms with E-state index < -0.39 is 0 Å². The predicted octanol–water partition coefficient (Wildman–Crippen LogP) is 3.08. The monoisotopic (exact) mass is 395 g/mol. The van der Waals surface area contributed by atoms with Crippen molar-refractivity contribution in [3.8, 4) is 5.75 Å². The Hall–Kier alpha value is -1.50. The summed E-state index contributed by atoms with van der Waals surface area (Å²) < 4.78 is 17.1. The van der Waals surface area contributed by atoms with Gasteiger partial charge in [-0.25, -0.2) is 0 Å².